The molecule has 2 aliphatic heterocycles. The van der Waals surface area contributed by atoms with Gasteiger partial charge < -0.3 is 9.80 Å². The van der Waals surface area contributed by atoms with Gasteiger partial charge in [0.1, 0.15) is 0 Å². The first kappa shape index (κ1) is 20.6. The second kappa shape index (κ2) is 9.43. The second-order valence-corrected chi connectivity index (χ2v) is 8.38. The molecule has 2 fully saturated rings. The molecule has 0 radical (unpaired) electrons. The molecule has 4 rings (SSSR count). The number of hydrogen-bond donors (Lipinski definition) is 0. The highest BCUT2D eigenvalue weighted by molar-refractivity contribution is 5.96. The number of carbonyl (C=O) groups excluding carboxylic acids is 2. The molecule has 0 saturated carbocycles. The van der Waals surface area contributed by atoms with Gasteiger partial charge in [-0.1, -0.05) is 55.0 Å². The summed E-state index contributed by atoms with van der Waals surface area (Å²) in [5.41, 5.74) is 2.98. The molecule has 2 heterocycles. The number of carbonyl (C=O) groups is 2. The maximum atomic E-state index is 13.5. The van der Waals surface area contributed by atoms with E-state index in [-0.39, 0.29) is 17.9 Å². The highest BCUT2D eigenvalue weighted by Crippen LogP contribution is 2.27. The molecule has 0 aromatic heterocycles. The number of rotatable bonds is 4. The van der Waals surface area contributed by atoms with Crippen LogP contribution in [-0.2, 0) is 11.3 Å². The van der Waals surface area contributed by atoms with Gasteiger partial charge in [-0.15, -0.1) is 0 Å². The van der Waals surface area contributed by atoms with Crippen molar-refractivity contribution in [3.8, 4) is 0 Å². The third kappa shape index (κ3) is 4.57. The molecule has 2 saturated heterocycles. The summed E-state index contributed by atoms with van der Waals surface area (Å²) in [6.07, 6.45) is 3.78. The minimum atomic E-state index is -0.101. The van der Waals surface area contributed by atoms with E-state index >= 15 is 0 Å². The highest BCUT2D eigenvalue weighted by atomic mass is 16.2. The average Bonchev–Trinajstić information content (AvgIpc) is 2.80. The summed E-state index contributed by atoms with van der Waals surface area (Å²) in [6, 6.07) is 17.9. The molecule has 5 heteroatoms. The number of likely N-dealkylation sites (tertiary alicyclic amines) is 1. The number of benzene rings is 2. The molecule has 2 aromatic carbocycles. The van der Waals surface area contributed by atoms with Crippen LogP contribution < -0.4 is 0 Å². The first-order valence-electron chi connectivity index (χ1n) is 11.0. The molecule has 0 bridgehead atoms. The minimum absolute atomic E-state index is 0.0569. The molecule has 1 unspecified atom stereocenters. The lowest BCUT2D eigenvalue weighted by molar-refractivity contribution is -0.133. The summed E-state index contributed by atoms with van der Waals surface area (Å²) in [5.74, 6) is 0.133. The fourth-order valence-electron chi connectivity index (χ4n) is 4.70. The zero-order valence-corrected chi connectivity index (χ0v) is 17.8. The molecule has 2 aliphatic rings. The summed E-state index contributed by atoms with van der Waals surface area (Å²) < 4.78 is 0. The zero-order valence-electron chi connectivity index (χ0n) is 17.8. The van der Waals surface area contributed by atoms with E-state index in [2.05, 4.69) is 11.0 Å². The van der Waals surface area contributed by atoms with Crippen LogP contribution in [0.1, 0.15) is 53.7 Å². The van der Waals surface area contributed by atoms with E-state index in [9.17, 15) is 9.59 Å². The standard InChI is InChI=1S/C25H31N3O2/c1-20(29)28-17-16-27(19-24(28)21-10-4-2-5-11-21)25(30)23-13-7-6-12-22(23)18-26-14-8-3-9-15-26/h2,4-7,10-13,24H,3,8-9,14-19H2,1H3. The Morgan fingerprint density at radius 2 is 1.57 bits per heavy atom. The molecule has 5 nitrogen and oxygen atoms in total. The number of piperidine rings is 1. The summed E-state index contributed by atoms with van der Waals surface area (Å²) in [6.45, 7) is 6.32. The normalized spacial score (nSPS) is 20.2. The van der Waals surface area contributed by atoms with Gasteiger partial charge in [0, 0.05) is 38.7 Å². The van der Waals surface area contributed by atoms with Crippen LogP contribution in [-0.4, -0.2) is 59.2 Å². The number of hydrogen-bond acceptors (Lipinski definition) is 3. The van der Waals surface area contributed by atoms with E-state index in [1.54, 1.807) is 6.92 Å². The van der Waals surface area contributed by atoms with Crippen molar-refractivity contribution in [2.45, 2.75) is 38.8 Å². The van der Waals surface area contributed by atoms with E-state index in [4.69, 9.17) is 0 Å². The summed E-state index contributed by atoms with van der Waals surface area (Å²) in [5, 5.41) is 0. The van der Waals surface area contributed by atoms with E-state index < -0.39 is 0 Å². The third-order valence-electron chi connectivity index (χ3n) is 6.35. The quantitative estimate of drug-likeness (QED) is 0.779. The monoisotopic (exact) mass is 405 g/mol. The first-order valence-corrected chi connectivity index (χ1v) is 11.0. The van der Waals surface area contributed by atoms with Crippen LogP contribution in [0.25, 0.3) is 0 Å². The second-order valence-electron chi connectivity index (χ2n) is 8.38. The lowest BCUT2D eigenvalue weighted by atomic mass is 10.00. The van der Waals surface area contributed by atoms with Gasteiger partial charge in [0.15, 0.2) is 0 Å². The molecule has 0 aliphatic carbocycles. The Bertz CT molecular complexity index is 877. The first-order chi connectivity index (χ1) is 14.6. The fraction of sp³-hybridized carbons (Fsp3) is 0.440. The third-order valence-corrected chi connectivity index (χ3v) is 6.35. The molecule has 1 atom stereocenters. The van der Waals surface area contributed by atoms with Gasteiger partial charge in [0.2, 0.25) is 5.91 Å². The minimum Gasteiger partial charge on any atom is -0.334 e. The van der Waals surface area contributed by atoms with Gasteiger partial charge in [-0.05, 0) is 43.1 Å². The Hall–Kier alpha value is -2.66. The van der Waals surface area contributed by atoms with Crippen LogP contribution >= 0.6 is 0 Å². The zero-order chi connectivity index (χ0) is 20.9. The van der Waals surface area contributed by atoms with Crippen LogP contribution in [0.4, 0.5) is 0 Å². The Morgan fingerprint density at radius 1 is 0.867 bits per heavy atom. The van der Waals surface area contributed by atoms with Crippen molar-refractivity contribution in [3.05, 3.63) is 71.3 Å². The SMILES string of the molecule is CC(=O)N1CCN(C(=O)c2ccccc2CN2CCCCC2)CC1c1ccccc1. The molecule has 2 aromatic rings. The van der Waals surface area contributed by atoms with Crippen LogP contribution in [0.15, 0.2) is 54.6 Å². The van der Waals surface area contributed by atoms with E-state index in [0.29, 0.717) is 19.6 Å². The topological polar surface area (TPSA) is 43.9 Å². The van der Waals surface area contributed by atoms with Crippen molar-refractivity contribution < 1.29 is 9.59 Å². The number of amides is 2. The fourth-order valence-corrected chi connectivity index (χ4v) is 4.70. The lowest BCUT2D eigenvalue weighted by Gasteiger charge is -2.41. The highest BCUT2D eigenvalue weighted by Gasteiger charge is 2.33. The van der Waals surface area contributed by atoms with Crippen LogP contribution in [0.5, 0.6) is 0 Å². The maximum Gasteiger partial charge on any atom is 0.254 e. The van der Waals surface area contributed by atoms with E-state index in [0.717, 1.165) is 36.3 Å². The summed E-state index contributed by atoms with van der Waals surface area (Å²) >= 11 is 0. The summed E-state index contributed by atoms with van der Waals surface area (Å²) in [4.78, 5) is 32.0. The van der Waals surface area contributed by atoms with E-state index in [1.807, 2.05) is 58.3 Å². The Morgan fingerprint density at radius 3 is 2.30 bits per heavy atom. The smallest absolute Gasteiger partial charge is 0.254 e. The van der Waals surface area contributed by atoms with Gasteiger partial charge in [-0.3, -0.25) is 14.5 Å². The molecule has 30 heavy (non-hydrogen) atoms. The van der Waals surface area contributed by atoms with Crippen molar-refractivity contribution >= 4 is 11.8 Å². The Balaban J connectivity index is 1.54. The number of nitrogens with zero attached hydrogens (tertiary/aromatic N) is 3. The Kier molecular flexibility index (Phi) is 6.48. The Labute approximate surface area is 179 Å². The van der Waals surface area contributed by atoms with Crippen molar-refractivity contribution in [1.82, 2.24) is 14.7 Å². The summed E-state index contributed by atoms with van der Waals surface area (Å²) in [7, 11) is 0. The molecular formula is C25H31N3O2. The van der Waals surface area contributed by atoms with Gasteiger partial charge in [0.25, 0.3) is 5.91 Å². The molecule has 0 N–H and O–H groups in total. The average molecular weight is 406 g/mol. The predicted octanol–water partition coefficient (Wildman–Crippen LogP) is 3.72. The largest absolute Gasteiger partial charge is 0.334 e. The molecule has 0 spiro atoms. The maximum absolute atomic E-state index is 13.5. The van der Waals surface area contributed by atoms with E-state index in [1.165, 1.54) is 19.3 Å². The van der Waals surface area contributed by atoms with Crippen molar-refractivity contribution in [1.29, 1.82) is 0 Å². The molecule has 158 valence electrons. The molecule has 2 amide bonds. The van der Waals surface area contributed by atoms with Gasteiger partial charge in [0.05, 0.1) is 6.04 Å². The van der Waals surface area contributed by atoms with Crippen molar-refractivity contribution in [3.63, 3.8) is 0 Å². The predicted molar refractivity (Wildman–Crippen MR) is 118 cm³/mol. The van der Waals surface area contributed by atoms with Crippen molar-refractivity contribution in [2.75, 3.05) is 32.7 Å². The van der Waals surface area contributed by atoms with Crippen molar-refractivity contribution in [2.24, 2.45) is 0 Å². The van der Waals surface area contributed by atoms with Crippen LogP contribution in [0.2, 0.25) is 0 Å². The lowest BCUT2D eigenvalue weighted by Crippen LogP contribution is -2.52. The van der Waals surface area contributed by atoms with Gasteiger partial charge >= 0.3 is 0 Å². The molecular weight excluding hydrogens is 374 g/mol. The van der Waals surface area contributed by atoms with Gasteiger partial charge in [-0.2, -0.15) is 0 Å². The van der Waals surface area contributed by atoms with Crippen LogP contribution in [0, 0.1) is 0 Å². The van der Waals surface area contributed by atoms with Gasteiger partial charge in [-0.25, -0.2) is 0 Å². The number of piperazine rings is 1. The van der Waals surface area contributed by atoms with Crippen LogP contribution in [0.3, 0.4) is 0 Å².